The van der Waals surface area contributed by atoms with Crippen LogP contribution in [0.4, 0.5) is 0 Å². The fraction of sp³-hybridized carbons (Fsp3) is 0.395. The number of aromatic hydroxyl groups is 1. The number of aliphatic carboxylic acids is 1. The number of phenols is 1. The van der Waals surface area contributed by atoms with Crippen LogP contribution in [-0.2, 0) is 62.5 Å². The van der Waals surface area contributed by atoms with Gasteiger partial charge in [0.15, 0.2) is 0 Å². The Hall–Kier alpha value is -6.70. The molecular weight excluding hydrogens is 809 g/mol. The van der Waals surface area contributed by atoms with E-state index in [0.717, 1.165) is 24.3 Å². The molecule has 1 fully saturated rings. The van der Waals surface area contributed by atoms with Crippen LogP contribution < -0.4 is 27.0 Å². The van der Waals surface area contributed by atoms with Crippen LogP contribution in [0, 0.1) is 0 Å². The molecule has 0 bridgehead atoms. The molecule has 3 aromatic rings. The predicted octanol–water partition coefficient (Wildman–Crippen LogP) is -1.02. The second-order valence-corrected chi connectivity index (χ2v) is 15.0. The minimum Gasteiger partial charge on any atom is -0.508 e. The first-order valence-electron chi connectivity index (χ1n) is 19.9. The number of Topliss-reactive ketones (excluding diaryl/α,β-unsaturated/α-hetero) is 1. The van der Waals surface area contributed by atoms with E-state index in [4.69, 9.17) is 10.5 Å². The highest BCUT2D eigenvalue weighted by atomic mass is 16.5. The van der Waals surface area contributed by atoms with Crippen molar-refractivity contribution in [1.29, 1.82) is 0 Å². The molecule has 1 heterocycles. The highest BCUT2D eigenvalue weighted by Gasteiger charge is 2.42. The van der Waals surface area contributed by atoms with E-state index in [2.05, 4.69) is 21.3 Å². The van der Waals surface area contributed by atoms with Crippen molar-refractivity contribution in [2.24, 2.45) is 5.73 Å². The number of aliphatic hydroxyl groups is 2. The maximum atomic E-state index is 13.9. The van der Waals surface area contributed by atoms with Crippen molar-refractivity contribution < 1.29 is 63.5 Å². The molecule has 1 aliphatic rings. The molecule has 1 aliphatic heterocycles. The Morgan fingerprint density at radius 1 is 0.710 bits per heavy atom. The average molecular weight is 861 g/mol. The Morgan fingerprint density at radius 2 is 1.27 bits per heavy atom. The Balaban J connectivity index is 1.47. The standard InChI is InChI=1S/C43H52N6O13/c1-24(50)35(37(55)43(61)62-23-28-12-7-4-8-13-28)47-40(58)33-14-9-19-49(33)42(60)32(22-34(53)54)46-41(59)36(25(2)51)48-39(57)31(21-27-15-17-29(52)18-16-27)45-38(56)30(44)20-26-10-5-3-6-11-26/h3-8,10-13,15-18,24-25,30-33,35-36,50-52H,9,14,19-23,44H2,1-2H3,(H,45,56)(H,46,59)(H,47,58)(H,48,57)(H,53,54)/t24-,25-,30+,31+,32+,33+,35+,36+/m1/s1. The molecule has 5 amide bonds. The van der Waals surface area contributed by atoms with E-state index in [1.165, 1.54) is 24.3 Å². The Bertz CT molecular complexity index is 2050. The molecule has 0 aromatic heterocycles. The molecule has 19 heteroatoms. The number of carbonyl (C=O) groups excluding carboxylic acids is 7. The topological polar surface area (TPSA) is 304 Å². The van der Waals surface area contributed by atoms with Crippen molar-refractivity contribution >= 4 is 47.3 Å². The molecule has 3 aromatic carbocycles. The lowest BCUT2D eigenvalue weighted by molar-refractivity contribution is -0.157. The van der Waals surface area contributed by atoms with Gasteiger partial charge in [-0.1, -0.05) is 72.8 Å². The molecule has 4 rings (SSSR count). The number of ether oxygens (including phenoxy) is 1. The Kier molecular flexibility index (Phi) is 17.6. The van der Waals surface area contributed by atoms with Crippen LogP contribution >= 0.6 is 0 Å². The summed E-state index contributed by atoms with van der Waals surface area (Å²) in [5.74, 6) is -9.01. The zero-order valence-electron chi connectivity index (χ0n) is 34.1. The van der Waals surface area contributed by atoms with Crippen molar-refractivity contribution in [3.8, 4) is 5.75 Å². The van der Waals surface area contributed by atoms with Crippen LogP contribution in [0.5, 0.6) is 5.75 Å². The Morgan fingerprint density at radius 3 is 1.85 bits per heavy atom. The van der Waals surface area contributed by atoms with E-state index in [-0.39, 0.29) is 44.6 Å². The quantitative estimate of drug-likeness (QED) is 0.0458. The third-order valence-corrected chi connectivity index (χ3v) is 10.0. The number of likely N-dealkylation sites (tertiary alicyclic amines) is 1. The summed E-state index contributed by atoms with van der Waals surface area (Å²) in [5.41, 5.74) is 7.99. The number of ketones is 1. The van der Waals surface area contributed by atoms with Crippen LogP contribution in [0.1, 0.15) is 49.8 Å². The number of carbonyl (C=O) groups is 8. The van der Waals surface area contributed by atoms with Gasteiger partial charge in [-0.2, -0.15) is 0 Å². The van der Waals surface area contributed by atoms with Gasteiger partial charge in [-0.15, -0.1) is 0 Å². The van der Waals surface area contributed by atoms with Gasteiger partial charge >= 0.3 is 11.9 Å². The second-order valence-electron chi connectivity index (χ2n) is 15.0. The number of hydrogen-bond acceptors (Lipinski definition) is 13. The van der Waals surface area contributed by atoms with E-state index in [1.807, 2.05) is 0 Å². The van der Waals surface area contributed by atoms with Gasteiger partial charge in [0.1, 0.15) is 42.6 Å². The number of aliphatic hydroxyl groups excluding tert-OH is 2. The number of carboxylic acids is 1. The predicted molar refractivity (Wildman–Crippen MR) is 219 cm³/mol. The van der Waals surface area contributed by atoms with Crippen LogP contribution in [0.25, 0.3) is 0 Å². The molecule has 0 saturated carbocycles. The normalized spacial score (nSPS) is 16.9. The third kappa shape index (κ3) is 13.9. The summed E-state index contributed by atoms with van der Waals surface area (Å²) in [4.78, 5) is 107. The van der Waals surface area contributed by atoms with Crippen molar-refractivity contribution in [2.75, 3.05) is 6.54 Å². The first-order valence-corrected chi connectivity index (χ1v) is 19.9. The van der Waals surface area contributed by atoms with E-state index < -0.39 is 102 Å². The molecule has 0 unspecified atom stereocenters. The summed E-state index contributed by atoms with van der Waals surface area (Å²) in [5, 5.41) is 50.0. The van der Waals surface area contributed by atoms with Crippen molar-refractivity contribution in [3.05, 3.63) is 102 Å². The van der Waals surface area contributed by atoms with Crippen LogP contribution in [0.2, 0.25) is 0 Å². The molecule has 1 saturated heterocycles. The summed E-state index contributed by atoms with van der Waals surface area (Å²) in [6, 6.07) is 13.8. The molecule has 10 N–H and O–H groups in total. The van der Waals surface area contributed by atoms with Gasteiger partial charge in [-0.3, -0.25) is 33.6 Å². The smallest absolute Gasteiger partial charge is 0.377 e. The largest absolute Gasteiger partial charge is 0.508 e. The first-order chi connectivity index (χ1) is 29.4. The lowest BCUT2D eigenvalue weighted by Gasteiger charge is -2.31. The average Bonchev–Trinajstić information content (AvgIpc) is 3.74. The lowest BCUT2D eigenvalue weighted by atomic mass is 10.0. The van der Waals surface area contributed by atoms with Crippen molar-refractivity contribution in [3.63, 3.8) is 0 Å². The first kappa shape index (κ1) is 48.0. The molecule has 62 heavy (non-hydrogen) atoms. The SMILES string of the molecule is C[C@@H](O)[C@H](NC(=O)[C@H](Cc1ccc(O)cc1)NC(=O)[C@@H](N)Cc1ccccc1)C(=O)N[C@@H](CC(=O)O)C(=O)N1CCC[C@H]1C(=O)N[C@H](C(=O)C(=O)OCc1ccccc1)[C@@H](C)O. The lowest BCUT2D eigenvalue weighted by Crippen LogP contribution is -2.62. The third-order valence-electron chi connectivity index (χ3n) is 10.0. The monoisotopic (exact) mass is 860 g/mol. The highest BCUT2D eigenvalue weighted by molar-refractivity contribution is 6.36. The number of rotatable bonds is 21. The molecule has 8 atom stereocenters. The van der Waals surface area contributed by atoms with E-state index in [0.29, 0.717) is 11.1 Å². The van der Waals surface area contributed by atoms with Crippen molar-refractivity contribution in [2.45, 2.75) is 101 Å². The second kappa shape index (κ2) is 22.8. The zero-order valence-corrected chi connectivity index (χ0v) is 34.1. The number of nitrogens with one attached hydrogen (secondary N) is 4. The zero-order chi connectivity index (χ0) is 45.5. The number of amides is 5. The number of carboxylic acid groups (broad SMARTS) is 1. The van der Waals surface area contributed by atoms with Gasteiger partial charge < -0.3 is 57.1 Å². The summed E-state index contributed by atoms with van der Waals surface area (Å²) in [6.45, 7) is 1.97. The van der Waals surface area contributed by atoms with Crippen LogP contribution in [0.15, 0.2) is 84.9 Å². The van der Waals surface area contributed by atoms with Gasteiger partial charge in [-0.25, -0.2) is 4.79 Å². The van der Waals surface area contributed by atoms with Crippen molar-refractivity contribution in [1.82, 2.24) is 26.2 Å². The van der Waals surface area contributed by atoms with Crippen LogP contribution in [0.3, 0.4) is 0 Å². The van der Waals surface area contributed by atoms with E-state index in [9.17, 15) is 58.8 Å². The maximum absolute atomic E-state index is 13.9. The van der Waals surface area contributed by atoms with Crippen LogP contribution in [-0.4, -0.2) is 128 Å². The maximum Gasteiger partial charge on any atom is 0.377 e. The molecule has 0 radical (unpaired) electrons. The molecule has 332 valence electrons. The molecule has 19 nitrogen and oxygen atoms in total. The number of phenolic OH excluding ortho intramolecular Hbond substituents is 1. The summed E-state index contributed by atoms with van der Waals surface area (Å²) >= 11 is 0. The van der Waals surface area contributed by atoms with Gasteiger partial charge in [-0.05, 0) is 61.9 Å². The number of hydrogen-bond donors (Lipinski definition) is 9. The minimum atomic E-state index is -1.84. The van der Waals surface area contributed by atoms with Gasteiger partial charge in [0, 0.05) is 13.0 Å². The van der Waals surface area contributed by atoms with Gasteiger partial charge in [0.2, 0.25) is 29.5 Å². The number of esters is 1. The summed E-state index contributed by atoms with van der Waals surface area (Å²) in [6.07, 6.45) is -3.96. The highest BCUT2D eigenvalue weighted by Crippen LogP contribution is 2.21. The fourth-order valence-corrected chi connectivity index (χ4v) is 6.69. The number of nitrogens with zero attached hydrogens (tertiary/aromatic N) is 1. The number of nitrogens with two attached hydrogens (primary N) is 1. The molecule has 0 spiro atoms. The fourth-order valence-electron chi connectivity index (χ4n) is 6.69. The van der Waals surface area contributed by atoms with Gasteiger partial charge in [0.25, 0.3) is 5.78 Å². The van der Waals surface area contributed by atoms with E-state index in [1.54, 1.807) is 60.7 Å². The number of benzene rings is 3. The molecule has 0 aliphatic carbocycles. The summed E-state index contributed by atoms with van der Waals surface area (Å²) < 4.78 is 5.06. The Labute approximate surface area is 357 Å². The van der Waals surface area contributed by atoms with Gasteiger partial charge in [0.05, 0.1) is 24.7 Å². The van der Waals surface area contributed by atoms with E-state index >= 15 is 0 Å². The molecular formula is C43H52N6O13. The minimum absolute atomic E-state index is 0.0278. The summed E-state index contributed by atoms with van der Waals surface area (Å²) in [7, 11) is 0.